The van der Waals surface area contributed by atoms with Gasteiger partial charge >= 0.3 is 0 Å². The van der Waals surface area contributed by atoms with Gasteiger partial charge in [-0.3, -0.25) is 0 Å². The van der Waals surface area contributed by atoms with Gasteiger partial charge in [-0.2, -0.15) is 0 Å². The zero-order valence-corrected chi connectivity index (χ0v) is 13.8. The molecule has 0 aromatic heterocycles. The molecule has 2 aromatic rings. The summed E-state index contributed by atoms with van der Waals surface area (Å²) < 4.78 is 15.4. The minimum absolute atomic E-state index is 0.157. The molecule has 3 heteroatoms. The van der Waals surface area contributed by atoms with Crippen molar-refractivity contribution in [1.82, 2.24) is 5.32 Å². The Bertz CT molecular complexity index is 614. The molecule has 0 saturated carbocycles. The summed E-state index contributed by atoms with van der Waals surface area (Å²) in [6, 6.07) is 9.52. The zero-order valence-electron chi connectivity index (χ0n) is 12.2. The second kappa shape index (κ2) is 6.06. The number of benzene rings is 2. The van der Waals surface area contributed by atoms with Crippen LogP contribution in [0.1, 0.15) is 33.9 Å². The highest BCUT2D eigenvalue weighted by atomic mass is 79.9. The van der Waals surface area contributed by atoms with E-state index >= 15 is 0 Å². The molecular weight excluding hydrogens is 317 g/mol. The van der Waals surface area contributed by atoms with Gasteiger partial charge in [0.15, 0.2) is 0 Å². The second-order valence-electron chi connectivity index (χ2n) is 5.18. The zero-order chi connectivity index (χ0) is 14.9. The number of nitrogens with one attached hydrogen (secondary N) is 1. The van der Waals surface area contributed by atoms with Crippen LogP contribution in [-0.4, -0.2) is 7.05 Å². The highest BCUT2D eigenvalue weighted by Crippen LogP contribution is 2.33. The Labute approximate surface area is 128 Å². The van der Waals surface area contributed by atoms with Crippen molar-refractivity contribution >= 4 is 15.9 Å². The minimum atomic E-state index is -0.162. The van der Waals surface area contributed by atoms with Crippen molar-refractivity contribution in [3.8, 4) is 0 Å². The molecule has 0 heterocycles. The van der Waals surface area contributed by atoms with Gasteiger partial charge in [0, 0.05) is 10.0 Å². The average Bonchev–Trinajstić information content (AvgIpc) is 2.37. The van der Waals surface area contributed by atoms with Crippen molar-refractivity contribution in [3.05, 3.63) is 68.4 Å². The summed E-state index contributed by atoms with van der Waals surface area (Å²) in [4.78, 5) is 0. The molecule has 0 aliphatic carbocycles. The van der Waals surface area contributed by atoms with Crippen LogP contribution >= 0.6 is 15.9 Å². The molecule has 1 atom stereocenters. The lowest BCUT2D eigenvalue weighted by Crippen LogP contribution is -2.21. The standard InChI is InChI=1S/C17H19BrFN/c1-10-8-12(3)15(14(19)9-10)17(20-4)13-7-5-6-11(2)16(13)18/h5-9,17,20H,1-4H3. The smallest absolute Gasteiger partial charge is 0.128 e. The first-order chi connectivity index (χ1) is 9.45. The fourth-order valence-corrected chi connectivity index (χ4v) is 3.13. The first-order valence-corrected chi connectivity index (χ1v) is 7.44. The van der Waals surface area contributed by atoms with E-state index in [1.807, 2.05) is 52.1 Å². The first-order valence-electron chi connectivity index (χ1n) is 6.64. The molecule has 0 radical (unpaired) electrons. The molecule has 0 aliphatic rings. The number of hydrogen-bond donors (Lipinski definition) is 1. The maximum atomic E-state index is 14.4. The molecule has 0 spiro atoms. The van der Waals surface area contributed by atoms with Crippen LogP contribution in [0.4, 0.5) is 4.39 Å². The van der Waals surface area contributed by atoms with Crippen LogP contribution in [0.25, 0.3) is 0 Å². The lowest BCUT2D eigenvalue weighted by molar-refractivity contribution is 0.571. The van der Waals surface area contributed by atoms with E-state index in [1.165, 1.54) is 0 Å². The minimum Gasteiger partial charge on any atom is -0.309 e. The van der Waals surface area contributed by atoms with E-state index in [0.29, 0.717) is 5.56 Å². The topological polar surface area (TPSA) is 12.0 Å². The van der Waals surface area contributed by atoms with Crippen LogP contribution in [0.3, 0.4) is 0 Å². The van der Waals surface area contributed by atoms with Crippen molar-refractivity contribution in [3.63, 3.8) is 0 Å². The van der Waals surface area contributed by atoms with Crippen LogP contribution < -0.4 is 5.32 Å². The Kier molecular flexibility index (Phi) is 4.61. The Morgan fingerprint density at radius 2 is 1.80 bits per heavy atom. The van der Waals surface area contributed by atoms with Gasteiger partial charge in [-0.1, -0.05) is 40.2 Å². The van der Waals surface area contributed by atoms with E-state index in [2.05, 4.69) is 21.2 Å². The van der Waals surface area contributed by atoms with E-state index in [1.54, 1.807) is 6.07 Å². The van der Waals surface area contributed by atoms with Crippen LogP contribution in [0.15, 0.2) is 34.8 Å². The van der Waals surface area contributed by atoms with Crippen LogP contribution in [0, 0.1) is 26.6 Å². The van der Waals surface area contributed by atoms with Gasteiger partial charge in [0.25, 0.3) is 0 Å². The summed E-state index contributed by atoms with van der Waals surface area (Å²) >= 11 is 3.62. The van der Waals surface area contributed by atoms with Gasteiger partial charge in [0.1, 0.15) is 5.82 Å². The highest BCUT2D eigenvalue weighted by Gasteiger charge is 2.21. The van der Waals surface area contributed by atoms with E-state index < -0.39 is 0 Å². The molecule has 1 unspecified atom stereocenters. The summed E-state index contributed by atoms with van der Waals surface area (Å²) in [6.45, 7) is 5.91. The average molecular weight is 336 g/mol. The molecule has 0 bridgehead atoms. The normalized spacial score (nSPS) is 12.5. The molecule has 106 valence electrons. The summed E-state index contributed by atoms with van der Waals surface area (Å²) in [5, 5.41) is 3.23. The van der Waals surface area contributed by atoms with Crippen molar-refractivity contribution in [2.45, 2.75) is 26.8 Å². The number of hydrogen-bond acceptors (Lipinski definition) is 1. The van der Waals surface area contributed by atoms with Crippen molar-refractivity contribution in [1.29, 1.82) is 0 Å². The fourth-order valence-electron chi connectivity index (χ4n) is 2.64. The van der Waals surface area contributed by atoms with Crippen LogP contribution in [0.2, 0.25) is 0 Å². The second-order valence-corrected chi connectivity index (χ2v) is 5.97. The van der Waals surface area contributed by atoms with Crippen molar-refractivity contribution < 1.29 is 4.39 Å². The SMILES string of the molecule is CNC(c1cccc(C)c1Br)c1c(C)cc(C)cc1F. The van der Waals surface area contributed by atoms with Gasteiger partial charge in [-0.25, -0.2) is 4.39 Å². The summed E-state index contributed by atoms with van der Waals surface area (Å²) in [7, 11) is 1.86. The third kappa shape index (κ3) is 2.79. The Hall–Kier alpha value is -1.19. The molecule has 0 fully saturated rings. The molecule has 0 aliphatic heterocycles. The molecule has 20 heavy (non-hydrogen) atoms. The molecule has 2 rings (SSSR count). The summed E-state index contributed by atoms with van der Waals surface area (Å²) in [6.07, 6.45) is 0. The van der Waals surface area contributed by atoms with Gasteiger partial charge in [-0.05, 0) is 56.1 Å². The van der Waals surface area contributed by atoms with Crippen LogP contribution in [0.5, 0.6) is 0 Å². The third-order valence-corrected chi connectivity index (χ3v) is 4.67. The molecule has 0 saturated heterocycles. The van der Waals surface area contributed by atoms with Gasteiger partial charge < -0.3 is 5.32 Å². The van der Waals surface area contributed by atoms with E-state index in [9.17, 15) is 4.39 Å². The fraction of sp³-hybridized carbons (Fsp3) is 0.294. The number of halogens is 2. The predicted octanol–water partition coefficient (Wildman–Crippen LogP) is 4.82. The lowest BCUT2D eigenvalue weighted by atomic mass is 9.92. The van der Waals surface area contributed by atoms with Crippen molar-refractivity contribution in [2.24, 2.45) is 0 Å². The predicted molar refractivity (Wildman–Crippen MR) is 85.7 cm³/mol. The Balaban J connectivity index is 2.62. The number of rotatable bonds is 3. The number of aryl methyl sites for hydroxylation is 3. The van der Waals surface area contributed by atoms with E-state index in [0.717, 1.165) is 26.7 Å². The van der Waals surface area contributed by atoms with Crippen LogP contribution in [-0.2, 0) is 0 Å². The maximum absolute atomic E-state index is 14.4. The lowest BCUT2D eigenvalue weighted by Gasteiger charge is -2.22. The first kappa shape index (κ1) is 15.2. The quantitative estimate of drug-likeness (QED) is 0.847. The van der Waals surface area contributed by atoms with E-state index in [-0.39, 0.29) is 11.9 Å². The van der Waals surface area contributed by atoms with Gasteiger partial charge in [0.05, 0.1) is 6.04 Å². The van der Waals surface area contributed by atoms with Crippen molar-refractivity contribution in [2.75, 3.05) is 7.05 Å². The molecule has 1 N–H and O–H groups in total. The summed E-state index contributed by atoms with van der Waals surface area (Å²) in [5.41, 5.74) is 4.83. The van der Waals surface area contributed by atoms with Gasteiger partial charge in [0.2, 0.25) is 0 Å². The third-order valence-electron chi connectivity index (χ3n) is 3.59. The largest absolute Gasteiger partial charge is 0.309 e. The molecule has 2 aromatic carbocycles. The van der Waals surface area contributed by atoms with Gasteiger partial charge in [-0.15, -0.1) is 0 Å². The molecule has 1 nitrogen and oxygen atoms in total. The maximum Gasteiger partial charge on any atom is 0.128 e. The highest BCUT2D eigenvalue weighted by molar-refractivity contribution is 9.10. The van der Waals surface area contributed by atoms with E-state index in [4.69, 9.17) is 0 Å². The monoisotopic (exact) mass is 335 g/mol. The molecular formula is C17H19BrFN. The summed E-state index contributed by atoms with van der Waals surface area (Å²) in [5.74, 6) is -0.157. The Morgan fingerprint density at radius 1 is 1.10 bits per heavy atom. The Morgan fingerprint density at radius 3 is 2.40 bits per heavy atom. The molecule has 0 amide bonds.